The van der Waals surface area contributed by atoms with Crippen LogP contribution in [0.1, 0.15) is 29.6 Å². The molecule has 0 radical (unpaired) electrons. The van der Waals surface area contributed by atoms with Gasteiger partial charge in [0.1, 0.15) is 5.82 Å². The smallest absolute Gasteiger partial charge is 0.450 e. The summed E-state index contributed by atoms with van der Waals surface area (Å²) in [6.45, 7) is 3.09. The van der Waals surface area contributed by atoms with Crippen LogP contribution in [-0.4, -0.2) is 59.7 Å². The highest BCUT2D eigenvalue weighted by molar-refractivity contribution is 6.04. The maximum absolute atomic E-state index is 13.5. The van der Waals surface area contributed by atoms with Crippen molar-refractivity contribution in [2.24, 2.45) is 0 Å². The topological polar surface area (TPSA) is 101 Å². The number of carbonyl (C=O) groups is 2. The van der Waals surface area contributed by atoms with Gasteiger partial charge in [0.25, 0.3) is 5.91 Å². The molecule has 3 aromatic rings. The number of carbonyl (C=O) groups excluding carboxylic acids is 2. The molecule has 0 aliphatic carbocycles. The lowest BCUT2D eigenvalue weighted by molar-refractivity contribution is -0.153. The molecule has 1 N–H and O–H groups in total. The second kappa shape index (κ2) is 10.3. The van der Waals surface area contributed by atoms with E-state index >= 15 is 0 Å². The van der Waals surface area contributed by atoms with Gasteiger partial charge in [-0.15, -0.1) is 0 Å². The summed E-state index contributed by atoms with van der Waals surface area (Å²) in [6.07, 6.45) is -3.20. The number of oxazole rings is 1. The number of aromatic nitrogens is 2. The van der Waals surface area contributed by atoms with E-state index in [4.69, 9.17) is 9.15 Å². The molecular formula is C24H24F3N5O4. The van der Waals surface area contributed by atoms with Gasteiger partial charge in [0.05, 0.1) is 18.5 Å². The van der Waals surface area contributed by atoms with Crippen molar-refractivity contribution in [1.82, 2.24) is 14.9 Å². The molecule has 0 bridgehead atoms. The summed E-state index contributed by atoms with van der Waals surface area (Å²) >= 11 is 0. The van der Waals surface area contributed by atoms with Crippen LogP contribution in [0.25, 0.3) is 11.5 Å². The largest absolute Gasteiger partial charge is 0.452 e. The molecule has 1 fully saturated rings. The summed E-state index contributed by atoms with van der Waals surface area (Å²) in [5, 5.41) is 2.40. The minimum absolute atomic E-state index is 0.0169. The van der Waals surface area contributed by atoms with Crippen molar-refractivity contribution in [1.29, 1.82) is 0 Å². The van der Waals surface area contributed by atoms with Crippen molar-refractivity contribution in [2.45, 2.75) is 25.6 Å². The molecule has 190 valence electrons. The zero-order valence-corrected chi connectivity index (χ0v) is 19.6. The number of anilines is 2. The molecule has 1 aliphatic heterocycles. The number of nitrogens with zero attached hydrogens (tertiary/aromatic N) is 4. The summed E-state index contributed by atoms with van der Waals surface area (Å²) < 4.78 is 50.5. The van der Waals surface area contributed by atoms with E-state index in [-0.39, 0.29) is 23.7 Å². The Hall–Kier alpha value is -4.09. The first-order valence-corrected chi connectivity index (χ1v) is 11.2. The summed E-state index contributed by atoms with van der Waals surface area (Å²) in [4.78, 5) is 36.3. The van der Waals surface area contributed by atoms with Crippen LogP contribution in [0.5, 0.6) is 0 Å². The summed E-state index contributed by atoms with van der Waals surface area (Å²) in [5.74, 6) is -2.28. The predicted octanol–water partition coefficient (Wildman–Crippen LogP) is 4.67. The fourth-order valence-corrected chi connectivity index (χ4v) is 3.85. The molecular weight excluding hydrogens is 479 g/mol. The zero-order valence-electron chi connectivity index (χ0n) is 19.6. The maximum Gasteiger partial charge on any atom is 0.452 e. The van der Waals surface area contributed by atoms with Gasteiger partial charge in [0.15, 0.2) is 5.69 Å². The van der Waals surface area contributed by atoms with Crippen molar-refractivity contribution in [2.75, 3.05) is 37.0 Å². The molecule has 1 aliphatic rings. The van der Waals surface area contributed by atoms with Gasteiger partial charge in [0, 0.05) is 31.7 Å². The second-order valence-corrected chi connectivity index (χ2v) is 8.12. The van der Waals surface area contributed by atoms with E-state index in [0.717, 1.165) is 6.42 Å². The number of rotatable bonds is 6. The quantitative estimate of drug-likeness (QED) is 0.522. The second-order valence-electron chi connectivity index (χ2n) is 8.12. The van der Waals surface area contributed by atoms with Crippen molar-refractivity contribution in [3.63, 3.8) is 0 Å². The molecule has 36 heavy (non-hydrogen) atoms. The molecule has 1 unspecified atom stereocenters. The van der Waals surface area contributed by atoms with E-state index in [0.29, 0.717) is 31.1 Å². The van der Waals surface area contributed by atoms with Crippen LogP contribution >= 0.6 is 0 Å². The van der Waals surface area contributed by atoms with Crippen LogP contribution in [0.15, 0.2) is 53.1 Å². The normalized spacial score (nSPS) is 15.6. The highest BCUT2D eigenvalue weighted by atomic mass is 19.4. The lowest BCUT2D eigenvalue weighted by Gasteiger charge is -2.25. The van der Waals surface area contributed by atoms with Gasteiger partial charge in [-0.2, -0.15) is 13.2 Å². The number of hydrogen-bond donors (Lipinski definition) is 1. The van der Waals surface area contributed by atoms with Crippen LogP contribution < -0.4 is 10.2 Å². The molecule has 4 rings (SSSR count). The Morgan fingerprint density at radius 3 is 2.61 bits per heavy atom. The molecule has 1 aromatic carbocycles. The van der Waals surface area contributed by atoms with Crippen LogP contribution in [0.2, 0.25) is 0 Å². The number of benzene rings is 1. The van der Waals surface area contributed by atoms with Crippen LogP contribution in [0.4, 0.5) is 29.5 Å². The predicted molar refractivity (Wildman–Crippen MR) is 125 cm³/mol. The molecule has 2 aromatic heterocycles. The van der Waals surface area contributed by atoms with Gasteiger partial charge >= 0.3 is 12.3 Å². The van der Waals surface area contributed by atoms with Crippen molar-refractivity contribution in [3.05, 3.63) is 60.1 Å². The SMILES string of the molecule is CCOC(=O)N1CCC(N(C)c2ccc(NC(=O)c3nc(-c4ccccc4)oc3C(F)(F)F)cn2)C1. The molecule has 1 saturated heterocycles. The van der Waals surface area contributed by atoms with Gasteiger partial charge in [-0.1, -0.05) is 18.2 Å². The van der Waals surface area contributed by atoms with E-state index in [1.165, 1.54) is 24.4 Å². The fraction of sp³-hybridized carbons (Fsp3) is 0.333. The minimum atomic E-state index is -4.91. The van der Waals surface area contributed by atoms with Gasteiger partial charge in [-0.25, -0.2) is 14.8 Å². The van der Waals surface area contributed by atoms with E-state index < -0.39 is 23.5 Å². The third kappa shape index (κ3) is 5.42. The minimum Gasteiger partial charge on any atom is -0.450 e. The zero-order chi connectivity index (χ0) is 25.9. The Morgan fingerprint density at radius 1 is 1.22 bits per heavy atom. The number of alkyl halides is 3. The lowest BCUT2D eigenvalue weighted by atomic mass is 10.2. The van der Waals surface area contributed by atoms with Crippen molar-refractivity contribution in [3.8, 4) is 11.5 Å². The third-order valence-corrected chi connectivity index (χ3v) is 5.72. The number of halogens is 3. The standard InChI is InChI=1S/C24H24F3N5O4/c1-3-35-23(34)32-12-11-17(14-32)31(2)18-10-9-16(13-28-18)29-21(33)19-20(24(25,26)27)36-22(30-19)15-7-5-4-6-8-15/h4-10,13,17H,3,11-12,14H2,1-2H3,(H,29,33). The maximum atomic E-state index is 13.5. The Labute approximate surface area is 204 Å². The summed E-state index contributed by atoms with van der Waals surface area (Å²) in [5.41, 5.74) is -0.369. The molecule has 0 spiro atoms. The number of likely N-dealkylation sites (N-methyl/N-ethyl adjacent to an activating group) is 1. The van der Waals surface area contributed by atoms with Crippen molar-refractivity contribution >= 4 is 23.5 Å². The molecule has 12 heteroatoms. The Kier molecular flexibility index (Phi) is 7.13. The van der Waals surface area contributed by atoms with Gasteiger partial charge in [-0.05, 0) is 37.6 Å². The first-order chi connectivity index (χ1) is 17.2. The number of amides is 2. The summed E-state index contributed by atoms with van der Waals surface area (Å²) in [7, 11) is 1.83. The van der Waals surface area contributed by atoms with Crippen LogP contribution in [0, 0.1) is 0 Å². The first-order valence-electron chi connectivity index (χ1n) is 11.2. The molecule has 1 atom stereocenters. The van der Waals surface area contributed by atoms with Gasteiger partial charge < -0.3 is 24.3 Å². The highest BCUT2D eigenvalue weighted by Crippen LogP contribution is 2.35. The molecule has 9 nitrogen and oxygen atoms in total. The number of nitrogens with one attached hydrogen (secondary N) is 1. The molecule has 2 amide bonds. The molecule has 0 saturated carbocycles. The average Bonchev–Trinajstić information content (AvgIpc) is 3.53. The van der Waals surface area contributed by atoms with E-state index in [9.17, 15) is 22.8 Å². The summed E-state index contributed by atoms with van der Waals surface area (Å²) in [6, 6.07) is 11.2. The van der Waals surface area contributed by atoms with Crippen LogP contribution in [-0.2, 0) is 10.9 Å². The highest BCUT2D eigenvalue weighted by Gasteiger charge is 2.42. The Bertz CT molecular complexity index is 1210. The Morgan fingerprint density at radius 2 is 1.97 bits per heavy atom. The number of hydrogen-bond acceptors (Lipinski definition) is 7. The van der Waals surface area contributed by atoms with Crippen molar-refractivity contribution < 1.29 is 31.9 Å². The lowest BCUT2D eigenvalue weighted by Crippen LogP contribution is -2.37. The van der Waals surface area contributed by atoms with E-state index in [2.05, 4.69) is 15.3 Å². The van der Waals surface area contributed by atoms with E-state index in [1.54, 1.807) is 36.1 Å². The third-order valence-electron chi connectivity index (χ3n) is 5.72. The Balaban J connectivity index is 1.46. The van der Waals surface area contributed by atoms with E-state index in [1.807, 2.05) is 11.9 Å². The molecule has 3 heterocycles. The number of likely N-dealkylation sites (tertiary alicyclic amines) is 1. The monoisotopic (exact) mass is 503 g/mol. The average molecular weight is 503 g/mol. The number of pyridine rings is 1. The number of ether oxygens (including phenoxy) is 1. The van der Waals surface area contributed by atoms with Gasteiger partial charge in [0.2, 0.25) is 11.7 Å². The first kappa shape index (κ1) is 25.0. The van der Waals surface area contributed by atoms with Crippen LogP contribution in [0.3, 0.4) is 0 Å². The van der Waals surface area contributed by atoms with Gasteiger partial charge in [-0.3, -0.25) is 4.79 Å². The fourth-order valence-electron chi connectivity index (χ4n) is 3.85.